The number of isothiocyanates is 1. The number of carbonyl (C=O) groups excluding carboxylic acids is 1. The summed E-state index contributed by atoms with van der Waals surface area (Å²) in [5, 5.41) is 34.2. The van der Waals surface area contributed by atoms with Gasteiger partial charge in [-0.25, -0.2) is 9.97 Å². The summed E-state index contributed by atoms with van der Waals surface area (Å²) in [6.45, 7) is 8.03. The van der Waals surface area contributed by atoms with E-state index < -0.39 is 17.9 Å². The van der Waals surface area contributed by atoms with Crippen molar-refractivity contribution in [3.63, 3.8) is 0 Å². The van der Waals surface area contributed by atoms with Gasteiger partial charge in [-0.15, -0.1) is 22.1 Å². The van der Waals surface area contributed by atoms with Crippen molar-refractivity contribution in [1.82, 2.24) is 25.3 Å². The Morgan fingerprint density at radius 3 is 1.52 bits per heavy atom. The third-order valence-electron chi connectivity index (χ3n) is 10.9. The maximum Gasteiger partial charge on any atom is 2.00 e. The van der Waals surface area contributed by atoms with E-state index in [4.69, 9.17) is 19.9 Å². The zero-order valence-electron chi connectivity index (χ0n) is 33.6. The Morgan fingerprint density at radius 2 is 1.07 bits per heavy atom. The van der Waals surface area contributed by atoms with Crippen molar-refractivity contribution in [1.29, 1.82) is 0 Å². The van der Waals surface area contributed by atoms with E-state index in [1.165, 1.54) is 0 Å². The Kier molecular flexibility index (Phi) is 15.0. The first kappa shape index (κ1) is 45.3. The van der Waals surface area contributed by atoms with Crippen LogP contribution >= 0.6 is 12.2 Å². The predicted octanol–water partition coefficient (Wildman–Crippen LogP) is 7.82. The standard InChI is InChI=1S/C45H46N6O7S.Pd/c1-24-30(9-13-42(52)46-18-17-28-5-7-29(8-6-28)47-23-59)38-19-35-25(2)31(10-14-43(53)54)40(49-35)21-37-27(4)33(12-16-45(57)58)41(51-37)22-36-26(3)32(11-15-44(55)56)39(50-36)20-34(24)48-38;/h5-8,19-22H,9-18H2,1-4H3,(H6,46,48,49,50,51,52,53,54,55,56,57,58);/q;+2/p-2. The molecule has 2 aliphatic rings. The van der Waals surface area contributed by atoms with Crippen molar-refractivity contribution in [2.24, 2.45) is 4.99 Å². The molecule has 0 saturated carbocycles. The van der Waals surface area contributed by atoms with Gasteiger partial charge in [0.05, 0.1) is 33.6 Å². The van der Waals surface area contributed by atoms with E-state index in [2.05, 4.69) is 27.7 Å². The molecule has 8 bridgehead atoms. The van der Waals surface area contributed by atoms with Gasteiger partial charge in [-0.05, 0) is 112 Å². The van der Waals surface area contributed by atoms with Crippen LogP contribution in [-0.2, 0) is 58.9 Å². The van der Waals surface area contributed by atoms with Crippen molar-refractivity contribution >= 4 is 91.2 Å². The molecular formula is C45H44N6O7PdS. The summed E-state index contributed by atoms with van der Waals surface area (Å²) in [4.78, 5) is 72.4. The molecule has 5 heterocycles. The second kappa shape index (κ2) is 19.9. The van der Waals surface area contributed by atoms with Crippen molar-refractivity contribution < 1.29 is 54.9 Å². The fourth-order valence-corrected chi connectivity index (χ4v) is 7.60. The fourth-order valence-electron chi connectivity index (χ4n) is 7.49. The number of nitrogens with zero attached hydrogens (tertiary/aromatic N) is 5. The van der Waals surface area contributed by atoms with Crippen LogP contribution in [0.2, 0.25) is 0 Å². The molecule has 6 rings (SSSR count). The van der Waals surface area contributed by atoms with Crippen LogP contribution in [0, 0.1) is 13.8 Å². The molecule has 0 spiro atoms. The largest absolute Gasteiger partial charge is 2.00 e. The summed E-state index contributed by atoms with van der Waals surface area (Å²) in [5.74, 6) is -2.96. The van der Waals surface area contributed by atoms with E-state index >= 15 is 0 Å². The van der Waals surface area contributed by atoms with Crippen LogP contribution in [0.25, 0.3) is 44.4 Å². The molecule has 0 unspecified atom stereocenters. The first-order valence-corrected chi connectivity index (χ1v) is 19.8. The van der Waals surface area contributed by atoms with Gasteiger partial charge in [0.2, 0.25) is 5.91 Å². The number of hydrogen-bond donors (Lipinski definition) is 4. The zero-order chi connectivity index (χ0) is 42.4. The number of carboxylic acid groups (broad SMARTS) is 3. The van der Waals surface area contributed by atoms with Gasteiger partial charge < -0.3 is 30.6 Å². The molecule has 1 amide bonds. The van der Waals surface area contributed by atoms with Gasteiger partial charge in [0, 0.05) is 32.2 Å². The van der Waals surface area contributed by atoms with Crippen LogP contribution in [0.4, 0.5) is 5.69 Å². The normalized spacial score (nSPS) is 12.2. The molecule has 1 aromatic carbocycles. The average Bonchev–Trinajstić information content (AvgIpc) is 3.84. The smallest absolute Gasteiger partial charge is 0.657 e. The number of benzene rings is 1. The number of nitrogens with one attached hydrogen (secondary N) is 1. The number of carboxylic acids is 3. The summed E-state index contributed by atoms with van der Waals surface area (Å²) < 4.78 is 0. The summed E-state index contributed by atoms with van der Waals surface area (Å²) in [6, 6.07) is 14.9. The van der Waals surface area contributed by atoms with Gasteiger partial charge in [0.1, 0.15) is 0 Å². The average molecular weight is 919 g/mol. The second-order valence-corrected chi connectivity index (χ2v) is 14.9. The minimum absolute atomic E-state index is 0. The Hall–Kier alpha value is -5.84. The van der Waals surface area contributed by atoms with E-state index in [-0.39, 0.29) is 71.3 Å². The quantitative estimate of drug-likeness (QED) is 0.0482. The number of aliphatic carboxylic acids is 3. The molecule has 0 fully saturated rings. The fraction of sp³-hybridized carbons (Fsp3) is 0.311. The minimum Gasteiger partial charge on any atom is -0.657 e. The molecular weight excluding hydrogens is 875 g/mol. The number of allylic oxidation sites excluding steroid dienone is 4. The topological polar surface area (TPSA) is 207 Å². The molecule has 4 N–H and O–H groups in total. The minimum atomic E-state index is -0.950. The van der Waals surface area contributed by atoms with Crippen LogP contribution in [-0.4, -0.2) is 60.8 Å². The Bertz CT molecular complexity index is 2650. The summed E-state index contributed by atoms with van der Waals surface area (Å²) in [6.07, 6.45) is 1.52. The van der Waals surface area contributed by atoms with Gasteiger partial charge >= 0.3 is 38.3 Å². The van der Waals surface area contributed by atoms with E-state index in [0.717, 1.165) is 50.1 Å². The summed E-state index contributed by atoms with van der Waals surface area (Å²) >= 11 is 4.67. The van der Waals surface area contributed by atoms with Crippen LogP contribution in [0.15, 0.2) is 53.5 Å². The molecule has 2 aliphatic heterocycles. The van der Waals surface area contributed by atoms with Crippen molar-refractivity contribution in [3.05, 3.63) is 99.1 Å². The van der Waals surface area contributed by atoms with Crippen LogP contribution in [0.1, 0.15) is 103 Å². The molecule has 3 aromatic heterocycles. The van der Waals surface area contributed by atoms with Crippen LogP contribution in [0.5, 0.6) is 0 Å². The Labute approximate surface area is 365 Å². The van der Waals surface area contributed by atoms with E-state index in [9.17, 15) is 34.5 Å². The number of aliphatic imine (C=N–C) groups is 1. The number of fused-ring (bicyclic) bond motifs is 8. The number of aromatic nitrogens is 4. The first-order valence-electron chi connectivity index (χ1n) is 19.3. The first-order chi connectivity index (χ1) is 28.2. The Balaban J connectivity index is 0.00000683. The molecule has 60 heavy (non-hydrogen) atoms. The predicted molar refractivity (Wildman–Crippen MR) is 229 cm³/mol. The van der Waals surface area contributed by atoms with Crippen molar-refractivity contribution in [2.75, 3.05) is 6.54 Å². The van der Waals surface area contributed by atoms with E-state index in [1.807, 2.05) is 76.2 Å². The third-order valence-corrected chi connectivity index (χ3v) is 10.9. The van der Waals surface area contributed by atoms with E-state index in [1.54, 1.807) is 0 Å². The zero-order valence-corrected chi connectivity index (χ0v) is 36.0. The van der Waals surface area contributed by atoms with Gasteiger partial charge in [0.25, 0.3) is 0 Å². The van der Waals surface area contributed by atoms with E-state index in [0.29, 0.717) is 69.9 Å². The maximum absolute atomic E-state index is 13.2. The van der Waals surface area contributed by atoms with Crippen molar-refractivity contribution in [2.45, 2.75) is 85.5 Å². The van der Waals surface area contributed by atoms with Gasteiger partial charge in [-0.2, -0.15) is 4.99 Å². The van der Waals surface area contributed by atoms with Crippen LogP contribution < -0.4 is 15.3 Å². The number of hydrogen-bond acceptors (Lipinski definition) is 8. The van der Waals surface area contributed by atoms with Crippen molar-refractivity contribution in [3.8, 4) is 0 Å². The monoisotopic (exact) mass is 918 g/mol. The molecule has 312 valence electrons. The number of carbonyl (C=O) groups is 4. The molecule has 0 aliphatic carbocycles. The Morgan fingerprint density at radius 1 is 0.633 bits per heavy atom. The van der Waals surface area contributed by atoms with Gasteiger partial charge in [-0.1, -0.05) is 58.7 Å². The SMILES string of the molecule is CC1=C(CCC(=O)O)c2cc3[n-]c(cc4nc(cc5[n-]c(cc1n2)c(CCC(=O)O)c5C)C(CCC(=O)NCCc1ccc(N=C=S)cc1)=C4C)c(CCC(=O)O)c3C.[Pd+2]. The molecule has 4 aromatic rings. The summed E-state index contributed by atoms with van der Waals surface area (Å²) in [5.41, 5.74) is 12.6. The molecule has 0 radical (unpaired) electrons. The van der Waals surface area contributed by atoms with Gasteiger partial charge in [-0.3, -0.25) is 19.2 Å². The maximum atomic E-state index is 13.2. The van der Waals surface area contributed by atoms with Gasteiger partial charge in [0.15, 0.2) is 0 Å². The second-order valence-electron chi connectivity index (χ2n) is 14.7. The summed E-state index contributed by atoms with van der Waals surface area (Å²) in [7, 11) is 0. The number of aryl methyl sites for hydroxylation is 4. The number of rotatable bonds is 16. The molecule has 13 nitrogen and oxygen atoms in total. The third kappa shape index (κ3) is 10.7. The number of amides is 1. The van der Waals surface area contributed by atoms with Crippen LogP contribution in [0.3, 0.4) is 0 Å². The number of thiocarbonyl (C=S) groups is 1. The molecule has 15 heteroatoms. The molecule has 0 saturated heterocycles. The molecule has 0 atom stereocenters.